The van der Waals surface area contributed by atoms with E-state index >= 15 is 0 Å². The van der Waals surface area contributed by atoms with Crippen molar-refractivity contribution >= 4 is 15.9 Å². The summed E-state index contributed by atoms with van der Waals surface area (Å²) < 4.78 is 13.1. The molecule has 1 heterocycles. The van der Waals surface area contributed by atoms with Gasteiger partial charge in [0.1, 0.15) is 11.9 Å². The molecule has 0 aliphatic carbocycles. The number of hydrogen-bond acceptors (Lipinski definition) is 4. The molecule has 21 heavy (non-hydrogen) atoms. The molecule has 1 unspecified atom stereocenters. The van der Waals surface area contributed by atoms with Crippen LogP contribution in [0, 0.1) is 0 Å². The molecule has 0 aliphatic rings. The summed E-state index contributed by atoms with van der Waals surface area (Å²) in [6.07, 6.45) is 0.903. The van der Waals surface area contributed by atoms with Gasteiger partial charge in [0.2, 0.25) is 0 Å². The third-order valence-corrected chi connectivity index (χ3v) is 3.70. The average Bonchev–Trinajstić information content (AvgIpc) is 2.86. The fourth-order valence-electron chi connectivity index (χ4n) is 2.10. The van der Waals surface area contributed by atoms with Gasteiger partial charge in [-0.25, -0.2) is 0 Å². The summed E-state index contributed by atoms with van der Waals surface area (Å²) in [7, 11) is 1.64. The maximum absolute atomic E-state index is 10.6. The average molecular weight is 355 g/mol. The van der Waals surface area contributed by atoms with E-state index in [1.807, 2.05) is 31.2 Å². The van der Waals surface area contributed by atoms with E-state index in [2.05, 4.69) is 21.0 Å². The highest BCUT2D eigenvalue weighted by molar-refractivity contribution is 9.10. The highest BCUT2D eigenvalue weighted by Gasteiger charge is 2.20. The Morgan fingerprint density at radius 2 is 2.24 bits per heavy atom. The fourth-order valence-corrected chi connectivity index (χ4v) is 2.61. The second kappa shape index (κ2) is 7.59. The lowest BCUT2D eigenvalue weighted by Gasteiger charge is -2.15. The van der Waals surface area contributed by atoms with Crippen LogP contribution in [0.15, 0.2) is 34.9 Å². The van der Waals surface area contributed by atoms with Crippen molar-refractivity contribution in [3.63, 3.8) is 0 Å². The van der Waals surface area contributed by atoms with Crippen LogP contribution >= 0.6 is 15.9 Å². The second-order valence-electron chi connectivity index (χ2n) is 4.50. The minimum absolute atomic E-state index is 0.535. The standard InChI is InChI=1S/C15H19BrN2O3/c1-3-21-12-6-4-5-11(9-12)15(19)14-13(16)10-17-18(14)7-8-20-2/h4-6,9-10,15,19H,3,7-8H2,1-2H3. The Hall–Kier alpha value is -1.37. The molecule has 1 aromatic heterocycles. The number of aliphatic hydroxyl groups is 1. The Balaban J connectivity index is 2.28. The van der Waals surface area contributed by atoms with Gasteiger partial charge in [-0.3, -0.25) is 4.68 Å². The van der Waals surface area contributed by atoms with Gasteiger partial charge in [0, 0.05) is 7.11 Å². The van der Waals surface area contributed by atoms with E-state index in [0.717, 1.165) is 15.8 Å². The lowest BCUT2D eigenvalue weighted by Crippen LogP contribution is -2.13. The molecule has 2 rings (SSSR count). The third kappa shape index (κ3) is 3.84. The fraction of sp³-hybridized carbons (Fsp3) is 0.400. The van der Waals surface area contributed by atoms with Crippen LogP contribution in [-0.4, -0.2) is 35.2 Å². The van der Waals surface area contributed by atoms with Gasteiger partial charge in [-0.15, -0.1) is 0 Å². The molecule has 6 heteroatoms. The Bertz CT molecular complexity index is 586. The van der Waals surface area contributed by atoms with Crippen LogP contribution in [0.4, 0.5) is 0 Å². The van der Waals surface area contributed by atoms with Crippen molar-refractivity contribution in [2.45, 2.75) is 19.6 Å². The molecule has 1 atom stereocenters. The number of methoxy groups -OCH3 is 1. The molecule has 0 saturated carbocycles. The highest BCUT2D eigenvalue weighted by Crippen LogP contribution is 2.30. The van der Waals surface area contributed by atoms with Gasteiger partial charge >= 0.3 is 0 Å². The Kier molecular flexibility index (Phi) is 5.78. The monoisotopic (exact) mass is 354 g/mol. The predicted molar refractivity (Wildman–Crippen MR) is 83.5 cm³/mol. The van der Waals surface area contributed by atoms with E-state index in [1.165, 1.54) is 0 Å². The van der Waals surface area contributed by atoms with Gasteiger partial charge in [0.25, 0.3) is 0 Å². The van der Waals surface area contributed by atoms with Crippen molar-refractivity contribution < 1.29 is 14.6 Å². The first-order valence-corrected chi connectivity index (χ1v) is 7.57. The summed E-state index contributed by atoms with van der Waals surface area (Å²) in [4.78, 5) is 0. The summed E-state index contributed by atoms with van der Waals surface area (Å²) in [6.45, 7) is 3.64. The highest BCUT2D eigenvalue weighted by atomic mass is 79.9. The largest absolute Gasteiger partial charge is 0.494 e. The first-order valence-electron chi connectivity index (χ1n) is 6.78. The molecule has 0 radical (unpaired) electrons. The topological polar surface area (TPSA) is 56.5 Å². The Labute approximate surface area is 132 Å². The van der Waals surface area contributed by atoms with Gasteiger partial charge in [0.15, 0.2) is 0 Å². The minimum Gasteiger partial charge on any atom is -0.494 e. The van der Waals surface area contributed by atoms with E-state index in [0.29, 0.717) is 25.5 Å². The Morgan fingerprint density at radius 3 is 2.95 bits per heavy atom. The number of benzene rings is 1. The third-order valence-electron chi connectivity index (χ3n) is 3.08. The van der Waals surface area contributed by atoms with Gasteiger partial charge in [-0.1, -0.05) is 12.1 Å². The van der Waals surface area contributed by atoms with Crippen molar-refractivity contribution in [2.75, 3.05) is 20.3 Å². The van der Waals surface area contributed by atoms with Crippen LogP contribution in [0.1, 0.15) is 24.3 Å². The normalized spacial score (nSPS) is 12.4. The lowest BCUT2D eigenvalue weighted by molar-refractivity contribution is 0.171. The second-order valence-corrected chi connectivity index (χ2v) is 5.36. The van der Waals surface area contributed by atoms with E-state index < -0.39 is 6.10 Å². The number of aromatic nitrogens is 2. The summed E-state index contributed by atoms with van der Waals surface area (Å²) in [6, 6.07) is 7.45. The maximum Gasteiger partial charge on any atom is 0.122 e. The van der Waals surface area contributed by atoms with Crippen LogP contribution in [0.25, 0.3) is 0 Å². The number of rotatable bonds is 7. The first-order chi connectivity index (χ1) is 10.2. The molecule has 0 fully saturated rings. The van der Waals surface area contributed by atoms with Crippen LogP contribution < -0.4 is 4.74 Å². The van der Waals surface area contributed by atoms with Crippen molar-refractivity contribution in [3.8, 4) is 5.75 Å². The van der Waals surface area contributed by atoms with Gasteiger partial charge < -0.3 is 14.6 Å². The molecule has 0 aliphatic heterocycles. The van der Waals surface area contributed by atoms with Gasteiger partial charge in [-0.2, -0.15) is 5.10 Å². The maximum atomic E-state index is 10.6. The molecule has 1 N–H and O–H groups in total. The van der Waals surface area contributed by atoms with E-state index in [9.17, 15) is 5.11 Å². The van der Waals surface area contributed by atoms with Crippen molar-refractivity contribution in [1.82, 2.24) is 9.78 Å². The number of aliphatic hydroxyl groups excluding tert-OH is 1. The van der Waals surface area contributed by atoms with E-state index in [4.69, 9.17) is 9.47 Å². The van der Waals surface area contributed by atoms with Crippen molar-refractivity contribution in [3.05, 3.63) is 46.2 Å². The lowest BCUT2D eigenvalue weighted by atomic mass is 10.1. The quantitative estimate of drug-likeness (QED) is 0.830. The molecule has 1 aromatic carbocycles. The molecule has 2 aromatic rings. The molecule has 5 nitrogen and oxygen atoms in total. The SMILES string of the molecule is CCOc1cccc(C(O)c2c(Br)cnn2CCOC)c1. The van der Waals surface area contributed by atoms with Gasteiger partial charge in [0.05, 0.1) is 36.1 Å². The molecular formula is C15H19BrN2O3. The zero-order chi connectivity index (χ0) is 15.2. The first kappa shape index (κ1) is 16.0. The smallest absolute Gasteiger partial charge is 0.122 e. The summed E-state index contributed by atoms with van der Waals surface area (Å²) in [5.41, 5.74) is 1.47. The molecular weight excluding hydrogens is 336 g/mol. The zero-order valence-corrected chi connectivity index (χ0v) is 13.7. The summed E-state index contributed by atoms with van der Waals surface area (Å²) >= 11 is 3.44. The number of hydrogen-bond donors (Lipinski definition) is 1. The van der Waals surface area contributed by atoms with Crippen molar-refractivity contribution in [1.29, 1.82) is 0 Å². The number of nitrogens with zero attached hydrogens (tertiary/aromatic N) is 2. The van der Waals surface area contributed by atoms with Crippen LogP contribution in [-0.2, 0) is 11.3 Å². The van der Waals surface area contributed by atoms with Crippen LogP contribution in [0.2, 0.25) is 0 Å². The number of halogens is 1. The van der Waals surface area contributed by atoms with Crippen LogP contribution in [0.5, 0.6) is 5.75 Å². The van der Waals surface area contributed by atoms with E-state index in [-0.39, 0.29) is 0 Å². The van der Waals surface area contributed by atoms with E-state index in [1.54, 1.807) is 18.0 Å². The minimum atomic E-state index is -0.779. The van der Waals surface area contributed by atoms with Crippen LogP contribution in [0.3, 0.4) is 0 Å². The predicted octanol–water partition coefficient (Wildman–Crippen LogP) is 2.77. The molecule has 0 spiro atoms. The molecule has 0 saturated heterocycles. The van der Waals surface area contributed by atoms with Crippen molar-refractivity contribution in [2.24, 2.45) is 0 Å². The molecule has 114 valence electrons. The molecule has 0 amide bonds. The number of ether oxygens (including phenoxy) is 2. The zero-order valence-electron chi connectivity index (χ0n) is 12.1. The summed E-state index contributed by atoms with van der Waals surface area (Å²) in [5, 5.41) is 14.9. The summed E-state index contributed by atoms with van der Waals surface area (Å²) in [5.74, 6) is 0.744. The Morgan fingerprint density at radius 1 is 1.43 bits per heavy atom. The molecule has 0 bridgehead atoms. The van der Waals surface area contributed by atoms with Gasteiger partial charge in [-0.05, 0) is 40.5 Å².